The average Bonchev–Trinajstić information content (AvgIpc) is 2.74. The van der Waals surface area contributed by atoms with Crippen molar-refractivity contribution in [2.45, 2.75) is 19.8 Å². The number of carbonyl (C=O) groups is 1. The minimum Gasteiger partial charge on any atom is -0.481 e. The summed E-state index contributed by atoms with van der Waals surface area (Å²) in [5, 5.41) is 15.3. The van der Waals surface area contributed by atoms with Crippen LogP contribution in [-0.4, -0.2) is 29.1 Å². The van der Waals surface area contributed by atoms with E-state index >= 15 is 0 Å². The van der Waals surface area contributed by atoms with Crippen molar-refractivity contribution in [3.63, 3.8) is 0 Å². The zero-order chi connectivity index (χ0) is 21.3. The van der Waals surface area contributed by atoms with E-state index in [1.165, 1.54) is 0 Å². The lowest BCUT2D eigenvalue weighted by atomic mass is 9.97. The maximum absolute atomic E-state index is 12.5. The number of pyridine rings is 1. The van der Waals surface area contributed by atoms with Crippen LogP contribution >= 0.6 is 0 Å². The first kappa shape index (κ1) is 19.8. The smallest absolute Gasteiger partial charge is 0.306 e. The molecule has 1 aromatic heterocycles. The number of rotatable bonds is 4. The Morgan fingerprint density at radius 3 is 2.53 bits per heavy atom. The molecule has 0 bridgehead atoms. The van der Waals surface area contributed by atoms with E-state index in [1.807, 2.05) is 49.4 Å². The van der Waals surface area contributed by atoms with Gasteiger partial charge in [-0.2, -0.15) is 0 Å². The third-order valence-corrected chi connectivity index (χ3v) is 5.76. The van der Waals surface area contributed by atoms with E-state index in [1.54, 1.807) is 6.20 Å². The highest BCUT2D eigenvalue weighted by molar-refractivity contribution is 5.84. The number of hydrogen-bond donors (Lipinski definition) is 3. The second kappa shape index (κ2) is 8.06. The fourth-order valence-electron chi connectivity index (χ4n) is 3.99. The third-order valence-electron chi connectivity index (χ3n) is 5.76. The molecular formula is C24H25N3O3. The number of H-pyrrole nitrogens is 1. The summed E-state index contributed by atoms with van der Waals surface area (Å²) >= 11 is 0. The van der Waals surface area contributed by atoms with Gasteiger partial charge in [0.1, 0.15) is 0 Å². The van der Waals surface area contributed by atoms with Crippen LogP contribution < -0.4 is 26.3 Å². The molecule has 1 fully saturated rings. The van der Waals surface area contributed by atoms with Gasteiger partial charge in [-0.05, 0) is 49.4 Å². The normalized spacial score (nSPS) is 15.5. The Balaban J connectivity index is 1.56. The van der Waals surface area contributed by atoms with Gasteiger partial charge >= 0.3 is 5.97 Å². The van der Waals surface area contributed by atoms with Crippen molar-refractivity contribution >= 4 is 40.9 Å². The molecule has 3 aromatic rings. The van der Waals surface area contributed by atoms with Crippen molar-refractivity contribution in [1.82, 2.24) is 4.98 Å². The summed E-state index contributed by atoms with van der Waals surface area (Å²) in [6.07, 6.45) is 3.06. The zero-order valence-corrected chi connectivity index (χ0v) is 16.9. The number of anilines is 2. The molecule has 0 saturated carbocycles. The van der Waals surface area contributed by atoms with Gasteiger partial charge in [0.2, 0.25) is 0 Å². The van der Waals surface area contributed by atoms with Crippen molar-refractivity contribution in [1.29, 1.82) is 0 Å². The van der Waals surface area contributed by atoms with Crippen LogP contribution in [0, 0.1) is 12.8 Å². The second-order valence-electron chi connectivity index (χ2n) is 7.83. The van der Waals surface area contributed by atoms with Crippen LogP contribution in [0.25, 0.3) is 23.6 Å². The molecule has 0 spiro atoms. The van der Waals surface area contributed by atoms with Gasteiger partial charge in [-0.15, -0.1) is 0 Å². The van der Waals surface area contributed by atoms with Gasteiger partial charge < -0.3 is 20.3 Å². The molecule has 1 aliphatic rings. The zero-order valence-electron chi connectivity index (χ0n) is 16.9. The molecule has 2 aromatic carbocycles. The number of nitrogens with one attached hydrogen (secondary N) is 2. The topological polar surface area (TPSA) is 85.4 Å². The second-order valence-corrected chi connectivity index (χ2v) is 7.83. The Hall–Kier alpha value is -3.54. The molecule has 4 rings (SSSR count). The van der Waals surface area contributed by atoms with Crippen molar-refractivity contribution in [2.75, 3.05) is 23.3 Å². The van der Waals surface area contributed by atoms with Crippen LogP contribution in [0.2, 0.25) is 0 Å². The lowest BCUT2D eigenvalue weighted by Gasteiger charge is -2.32. The predicted molar refractivity (Wildman–Crippen MR) is 121 cm³/mol. The number of benzene rings is 2. The summed E-state index contributed by atoms with van der Waals surface area (Å²) < 4.78 is 0. The van der Waals surface area contributed by atoms with E-state index in [-0.39, 0.29) is 11.5 Å². The van der Waals surface area contributed by atoms with E-state index in [0.29, 0.717) is 23.4 Å². The molecule has 154 valence electrons. The fourth-order valence-corrected chi connectivity index (χ4v) is 3.99. The first-order valence-electron chi connectivity index (χ1n) is 10.1. The Kier molecular flexibility index (Phi) is 5.31. The maximum Gasteiger partial charge on any atom is 0.306 e. The standard InChI is InChI=1S/C24H25N3O3/c1-15-3-8-20-16(2)26-23(28)22(21(20)13-15)14-25-18-4-6-19(7-5-18)27-11-9-17(10-12-27)24(29)30/h3-8,13-14,17,25H,2,9-12H2,1H3,(H,26,28)(H,29,30)/b22-14-. The third kappa shape index (κ3) is 3.94. The first-order valence-corrected chi connectivity index (χ1v) is 10.1. The summed E-state index contributed by atoms with van der Waals surface area (Å²) in [6.45, 7) is 7.43. The van der Waals surface area contributed by atoms with Gasteiger partial charge in [0.25, 0.3) is 5.56 Å². The lowest BCUT2D eigenvalue weighted by Crippen LogP contribution is -2.36. The number of nitrogens with zero attached hydrogens (tertiary/aromatic N) is 1. The molecule has 1 aliphatic heterocycles. The van der Waals surface area contributed by atoms with Crippen LogP contribution in [0.5, 0.6) is 0 Å². The highest BCUT2D eigenvalue weighted by Gasteiger charge is 2.24. The molecule has 6 nitrogen and oxygen atoms in total. The van der Waals surface area contributed by atoms with Gasteiger partial charge in [0, 0.05) is 41.4 Å². The number of aromatic amines is 1. The Morgan fingerprint density at radius 1 is 1.17 bits per heavy atom. The van der Waals surface area contributed by atoms with E-state index in [0.717, 1.165) is 40.8 Å². The summed E-state index contributed by atoms with van der Waals surface area (Å²) in [5.41, 5.74) is 2.85. The summed E-state index contributed by atoms with van der Waals surface area (Å²) in [4.78, 5) is 28.6. The van der Waals surface area contributed by atoms with Crippen LogP contribution in [0.1, 0.15) is 18.4 Å². The van der Waals surface area contributed by atoms with Crippen molar-refractivity contribution < 1.29 is 9.90 Å². The molecular weight excluding hydrogens is 378 g/mol. The quantitative estimate of drug-likeness (QED) is 0.623. The number of hydrogen-bond acceptors (Lipinski definition) is 4. The Morgan fingerprint density at radius 2 is 1.87 bits per heavy atom. The van der Waals surface area contributed by atoms with E-state index in [9.17, 15) is 9.59 Å². The molecule has 0 unspecified atom stereocenters. The SMILES string of the molecule is C=c1[nH]c(=O)/c(=C\Nc2ccc(N3CCC(C(=O)O)CC3)cc2)c2cc(C)ccc12. The number of aliphatic carboxylic acids is 1. The van der Waals surface area contributed by atoms with E-state index in [2.05, 4.69) is 21.8 Å². The summed E-state index contributed by atoms with van der Waals surface area (Å²) in [7, 11) is 0. The number of aromatic nitrogens is 1. The van der Waals surface area contributed by atoms with E-state index in [4.69, 9.17) is 5.11 Å². The number of piperidine rings is 1. The number of fused-ring (bicyclic) bond motifs is 1. The minimum absolute atomic E-state index is 0.177. The van der Waals surface area contributed by atoms with Crippen LogP contribution in [-0.2, 0) is 4.79 Å². The first-order chi connectivity index (χ1) is 14.4. The van der Waals surface area contributed by atoms with Crippen LogP contribution in [0.4, 0.5) is 11.4 Å². The minimum atomic E-state index is -0.700. The van der Waals surface area contributed by atoms with Gasteiger partial charge in [-0.1, -0.05) is 30.3 Å². The summed E-state index contributed by atoms with van der Waals surface area (Å²) in [6, 6.07) is 13.9. The van der Waals surface area contributed by atoms with Gasteiger partial charge in [-0.25, -0.2) is 0 Å². The summed E-state index contributed by atoms with van der Waals surface area (Å²) in [5.74, 6) is -0.938. The number of aryl methyl sites for hydroxylation is 1. The maximum atomic E-state index is 12.5. The van der Waals surface area contributed by atoms with Crippen molar-refractivity contribution in [3.8, 4) is 0 Å². The molecule has 3 N–H and O–H groups in total. The Bertz CT molecular complexity index is 1250. The van der Waals surface area contributed by atoms with Gasteiger partial charge in [0.15, 0.2) is 0 Å². The van der Waals surface area contributed by atoms with E-state index < -0.39 is 5.97 Å². The van der Waals surface area contributed by atoms with Crippen LogP contribution in [0.15, 0.2) is 47.3 Å². The molecule has 1 saturated heterocycles. The monoisotopic (exact) mass is 403 g/mol. The molecule has 0 amide bonds. The Labute approximate surface area is 174 Å². The largest absolute Gasteiger partial charge is 0.481 e. The molecule has 0 radical (unpaired) electrons. The molecule has 2 heterocycles. The fraction of sp³-hybridized carbons (Fsp3) is 0.250. The van der Waals surface area contributed by atoms with Crippen molar-refractivity contribution in [2.24, 2.45) is 5.92 Å². The molecule has 0 atom stereocenters. The average molecular weight is 403 g/mol. The molecule has 6 heteroatoms. The molecule has 0 aliphatic carbocycles. The van der Waals surface area contributed by atoms with Gasteiger partial charge in [0.05, 0.1) is 11.1 Å². The lowest BCUT2D eigenvalue weighted by molar-refractivity contribution is -0.142. The predicted octanol–water partition coefficient (Wildman–Crippen LogP) is 2.40. The number of carboxylic acids is 1. The highest BCUT2D eigenvalue weighted by Crippen LogP contribution is 2.24. The van der Waals surface area contributed by atoms with Crippen LogP contribution in [0.3, 0.4) is 0 Å². The molecule has 30 heavy (non-hydrogen) atoms. The van der Waals surface area contributed by atoms with Crippen molar-refractivity contribution in [3.05, 3.63) is 68.9 Å². The van der Waals surface area contributed by atoms with Gasteiger partial charge in [-0.3, -0.25) is 9.59 Å². The number of carboxylic acid groups (broad SMARTS) is 1. The highest BCUT2D eigenvalue weighted by atomic mass is 16.4.